The van der Waals surface area contributed by atoms with Gasteiger partial charge < -0.3 is 10.1 Å². The van der Waals surface area contributed by atoms with Gasteiger partial charge >= 0.3 is 0 Å². The Hall–Kier alpha value is -2.62. The molecule has 168 valence electrons. The van der Waals surface area contributed by atoms with Crippen molar-refractivity contribution in [1.82, 2.24) is 9.29 Å². The highest BCUT2D eigenvalue weighted by molar-refractivity contribution is 7.99. The van der Waals surface area contributed by atoms with Crippen LogP contribution >= 0.6 is 11.8 Å². The number of thioether (sulfide) groups is 1. The molecule has 1 saturated heterocycles. The lowest BCUT2D eigenvalue weighted by Crippen LogP contribution is -2.28. The number of pyridine rings is 1. The van der Waals surface area contributed by atoms with Crippen LogP contribution in [0.3, 0.4) is 0 Å². The monoisotopic (exact) mass is 471 g/mol. The second kappa shape index (κ2) is 9.89. The number of para-hydroxylation sites is 1. The molecule has 1 N–H and O–H groups in total. The third kappa shape index (κ3) is 5.06. The Labute approximate surface area is 192 Å². The molecule has 2 aromatic carbocycles. The van der Waals surface area contributed by atoms with Gasteiger partial charge in [-0.1, -0.05) is 36.0 Å². The van der Waals surface area contributed by atoms with E-state index < -0.39 is 10.0 Å². The predicted molar refractivity (Wildman–Crippen MR) is 127 cm³/mol. The first-order valence-corrected chi connectivity index (χ1v) is 13.0. The fourth-order valence-electron chi connectivity index (χ4n) is 3.59. The Balaban J connectivity index is 1.47. The molecule has 7 nitrogen and oxygen atoms in total. The van der Waals surface area contributed by atoms with E-state index in [1.807, 2.05) is 36.4 Å². The number of hydrogen-bond donors (Lipinski definition) is 1. The Morgan fingerprint density at radius 3 is 2.69 bits per heavy atom. The number of fused-ring (bicyclic) bond motifs is 1. The van der Waals surface area contributed by atoms with Crippen LogP contribution in [0.1, 0.15) is 19.8 Å². The summed E-state index contributed by atoms with van der Waals surface area (Å²) in [5.74, 6) is 0.220. The number of benzene rings is 2. The summed E-state index contributed by atoms with van der Waals surface area (Å²) >= 11 is 1.33. The maximum absolute atomic E-state index is 13.1. The zero-order valence-electron chi connectivity index (χ0n) is 17.8. The maximum atomic E-state index is 13.1. The number of nitrogens with zero attached hydrogens (tertiary/aromatic N) is 2. The summed E-state index contributed by atoms with van der Waals surface area (Å²) in [6.45, 7) is 3.16. The van der Waals surface area contributed by atoms with Crippen LogP contribution in [0.15, 0.2) is 64.5 Å². The second-order valence-electron chi connectivity index (χ2n) is 7.38. The van der Waals surface area contributed by atoms with Gasteiger partial charge in [-0.2, -0.15) is 4.31 Å². The molecule has 0 spiro atoms. The van der Waals surface area contributed by atoms with Gasteiger partial charge in [0.25, 0.3) is 0 Å². The number of carbonyl (C=O) groups is 1. The van der Waals surface area contributed by atoms with Crippen molar-refractivity contribution >= 4 is 44.3 Å². The van der Waals surface area contributed by atoms with Crippen LogP contribution in [0.25, 0.3) is 10.9 Å². The highest BCUT2D eigenvalue weighted by Gasteiger charge is 2.30. The summed E-state index contributed by atoms with van der Waals surface area (Å²) in [5, 5.41) is 4.59. The van der Waals surface area contributed by atoms with E-state index in [0.29, 0.717) is 31.1 Å². The average Bonchev–Trinajstić information content (AvgIpc) is 3.35. The molecule has 0 unspecified atom stereocenters. The Morgan fingerprint density at radius 2 is 1.91 bits per heavy atom. The maximum Gasteiger partial charge on any atom is 0.246 e. The molecule has 0 aliphatic carbocycles. The van der Waals surface area contributed by atoms with Crippen LogP contribution in [-0.2, 0) is 14.8 Å². The van der Waals surface area contributed by atoms with Gasteiger partial charge in [0.1, 0.15) is 10.6 Å². The van der Waals surface area contributed by atoms with E-state index in [9.17, 15) is 13.2 Å². The molecule has 0 bridgehead atoms. The lowest BCUT2D eigenvalue weighted by Gasteiger charge is -2.19. The van der Waals surface area contributed by atoms with Gasteiger partial charge in [0.05, 0.1) is 22.9 Å². The number of rotatable bonds is 8. The molecule has 0 radical (unpaired) electrons. The standard InChI is InChI=1S/C23H25N3O4S2/c1-2-30-20-11-10-18(15-21(20)32(28,29)26-13-5-6-14-26)24-22(27)16-31-23-12-9-17-7-3-4-8-19(17)25-23/h3-4,7-12,15H,2,5-6,13-14,16H2,1H3,(H,24,27). The Bertz CT molecular complexity index is 1220. The summed E-state index contributed by atoms with van der Waals surface area (Å²) in [5.41, 5.74) is 1.30. The van der Waals surface area contributed by atoms with Gasteiger partial charge in [0.2, 0.25) is 15.9 Å². The molecule has 0 saturated carbocycles. The first-order chi connectivity index (χ1) is 15.5. The first kappa shape index (κ1) is 22.6. The summed E-state index contributed by atoms with van der Waals surface area (Å²) in [6, 6.07) is 16.4. The van der Waals surface area contributed by atoms with Crippen LogP contribution in [-0.4, -0.2) is 49.1 Å². The minimum Gasteiger partial charge on any atom is -0.492 e. The second-order valence-corrected chi connectivity index (χ2v) is 10.3. The fourth-order valence-corrected chi connectivity index (χ4v) is 5.95. The minimum absolute atomic E-state index is 0.0860. The van der Waals surface area contributed by atoms with Gasteiger partial charge in [-0.15, -0.1) is 0 Å². The third-order valence-electron chi connectivity index (χ3n) is 5.13. The number of hydrogen-bond acceptors (Lipinski definition) is 6. The van der Waals surface area contributed by atoms with Crippen LogP contribution in [0.5, 0.6) is 5.75 Å². The summed E-state index contributed by atoms with van der Waals surface area (Å²) in [7, 11) is -3.68. The van der Waals surface area contributed by atoms with E-state index in [1.54, 1.807) is 19.1 Å². The van der Waals surface area contributed by atoms with Crippen molar-refractivity contribution in [2.45, 2.75) is 29.7 Å². The van der Waals surface area contributed by atoms with Crippen LogP contribution in [0, 0.1) is 0 Å². The van der Waals surface area contributed by atoms with Crippen molar-refractivity contribution in [3.05, 3.63) is 54.6 Å². The first-order valence-electron chi connectivity index (χ1n) is 10.5. The SMILES string of the molecule is CCOc1ccc(NC(=O)CSc2ccc3ccccc3n2)cc1S(=O)(=O)N1CCCC1. The molecular formula is C23H25N3O4S2. The topological polar surface area (TPSA) is 88.6 Å². The van der Waals surface area contributed by atoms with E-state index in [1.165, 1.54) is 22.1 Å². The molecule has 1 aromatic heterocycles. The van der Waals surface area contributed by atoms with Crippen molar-refractivity contribution in [1.29, 1.82) is 0 Å². The summed E-state index contributed by atoms with van der Waals surface area (Å²) in [6.07, 6.45) is 1.69. The third-order valence-corrected chi connectivity index (χ3v) is 7.98. The molecule has 9 heteroatoms. The molecular weight excluding hydrogens is 446 g/mol. The number of anilines is 1. The number of ether oxygens (including phenoxy) is 1. The van der Waals surface area contributed by atoms with Crippen molar-refractivity contribution in [2.24, 2.45) is 0 Å². The number of nitrogens with one attached hydrogen (secondary N) is 1. The molecule has 1 aliphatic rings. The van der Waals surface area contributed by atoms with E-state index in [-0.39, 0.29) is 16.6 Å². The zero-order valence-corrected chi connectivity index (χ0v) is 19.4. The molecule has 2 heterocycles. The average molecular weight is 472 g/mol. The lowest BCUT2D eigenvalue weighted by atomic mass is 10.2. The molecule has 3 aromatic rings. The fraction of sp³-hybridized carbons (Fsp3) is 0.304. The largest absolute Gasteiger partial charge is 0.492 e. The molecule has 0 atom stereocenters. The van der Waals surface area contributed by atoms with Gasteiger partial charge in [0.15, 0.2) is 0 Å². The molecule has 32 heavy (non-hydrogen) atoms. The summed E-state index contributed by atoms with van der Waals surface area (Å²) in [4.78, 5) is 17.2. The van der Waals surface area contributed by atoms with E-state index in [0.717, 1.165) is 28.8 Å². The Kier molecular flexibility index (Phi) is 6.98. The van der Waals surface area contributed by atoms with Crippen molar-refractivity contribution in [3.63, 3.8) is 0 Å². The number of aromatic nitrogens is 1. The van der Waals surface area contributed by atoms with Gasteiger partial charge in [0, 0.05) is 24.2 Å². The van der Waals surface area contributed by atoms with Gasteiger partial charge in [-0.25, -0.2) is 13.4 Å². The molecule has 1 aliphatic heterocycles. The van der Waals surface area contributed by atoms with Crippen LogP contribution < -0.4 is 10.1 Å². The van der Waals surface area contributed by atoms with Crippen molar-refractivity contribution < 1.29 is 17.9 Å². The quantitative estimate of drug-likeness (QED) is 0.497. The van der Waals surface area contributed by atoms with E-state index in [4.69, 9.17) is 4.74 Å². The molecule has 1 amide bonds. The van der Waals surface area contributed by atoms with Crippen molar-refractivity contribution in [3.8, 4) is 5.75 Å². The predicted octanol–water partition coefficient (Wildman–Crippen LogP) is 4.15. The molecule has 1 fully saturated rings. The normalized spacial score (nSPS) is 14.5. The number of carbonyl (C=O) groups excluding carboxylic acids is 1. The van der Waals surface area contributed by atoms with Gasteiger partial charge in [-0.3, -0.25) is 4.79 Å². The van der Waals surface area contributed by atoms with E-state index >= 15 is 0 Å². The Morgan fingerprint density at radius 1 is 1.12 bits per heavy atom. The number of amides is 1. The highest BCUT2D eigenvalue weighted by atomic mass is 32.2. The van der Waals surface area contributed by atoms with Crippen LogP contribution in [0.4, 0.5) is 5.69 Å². The van der Waals surface area contributed by atoms with Gasteiger partial charge in [-0.05, 0) is 50.1 Å². The number of sulfonamides is 1. The molecule has 4 rings (SSSR count). The lowest BCUT2D eigenvalue weighted by molar-refractivity contribution is -0.113. The minimum atomic E-state index is -3.68. The highest BCUT2D eigenvalue weighted by Crippen LogP contribution is 2.32. The zero-order chi connectivity index (χ0) is 22.6. The van der Waals surface area contributed by atoms with Crippen LogP contribution in [0.2, 0.25) is 0 Å². The van der Waals surface area contributed by atoms with Crippen molar-refractivity contribution in [2.75, 3.05) is 30.8 Å². The van der Waals surface area contributed by atoms with E-state index in [2.05, 4.69) is 10.3 Å². The smallest absolute Gasteiger partial charge is 0.246 e. The summed E-state index contributed by atoms with van der Waals surface area (Å²) < 4.78 is 33.2.